The molecule has 6 nitrogen and oxygen atoms in total. The van der Waals surface area contributed by atoms with Crippen molar-refractivity contribution in [2.75, 3.05) is 24.6 Å². The predicted molar refractivity (Wildman–Crippen MR) is 94.2 cm³/mol. The molecule has 0 saturated carbocycles. The normalized spacial score (nSPS) is 19.5. The van der Waals surface area contributed by atoms with Gasteiger partial charge in [0.1, 0.15) is 11.1 Å². The number of hydrogen-bond acceptors (Lipinski definition) is 7. The Labute approximate surface area is 146 Å². The third-order valence-electron chi connectivity index (χ3n) is 3.96. The van der Waals surface area contributed by atoms with Crippen LogP contribution in [0, 0.1) is 0 Å². The fourth-order valence-electron chi connectivity index (χ4n) is 2.46. The fourth-order valence-corrected chi connectivity index (χ4v) is 4.20. The molecule has 0 amide bonds. The summed E-state index contributed by atoms with van der Waals surface area (Å²) in [6.07, 6.45) is 3.34. The summed E-state index contributed by atoms with van der Waals surface area (Å²) < 4.78 is 29.8. The van der Waals surface area contributed by atoms with Crippen LogP contribution in [0.2, 0.25) is 0 Å². The van der Waals surface area contributed by atoms with Crippen molar-refractivity contribution in [2.24, 2.45) is 0 Å². The van der Waals surface area contributed by atoms with Gasteiger partial charge in [-0.2, -0.15) is 0 Å². The molecular weight excluding hydrogens is 346 g/mol. The Bertz CT molecular complexity index is 781. The lowest BCUT2D eigenvalue weighted by molar-refractivity contribution is 0.0396. The van der Waals surface area contributed by atoms with Gasteiger partial charge >= 0.3 is 0 Å². The number of anilines is 1. The number of nitrogens with zero attached hydrogens (tertiary/aromatic N) is 3. The van der Waals surface area contributed by atoms with Crippen LogP contribution in [-0.2, 0) is 14.6 Å². The van der Waals surface area contributed by atoms with Crippen LogP contribution in [-0.4, -0.2) is 42.8 Å². The van der Waals surface area contributed by atoms with Gasteiger partial charge < -0.3 is 9.64 Å². The Kier molecular flexibility index (Phi) is 4.63. The second kappa shape index (κ2) is 6.42. The van der Waals surface area contributed by atoms with Gasteiger partial charge in [0.15, 0.2) is 14.9 Å². The zero-order chi connectivity index (χ0) is 17.4. The Hall–Kier alpha value is -1.51. The van der Waals surface area contributed by atoms with Crippen molar-refractivity contribution in [1.82, 2.24) is 9.97 Å². The SMILES string of the molecule is CC(C)(C)S(=O)(=O)c1ccc(N2CCOC(c3nccs3)C2)cn1. The summed E-state index contributed by atoms with van der Waals surface area (Å²) in [7, 11) is -3.43. The molecule has 0 aromatic carbocycles. The molecule has 130 valence electrons. The molecule has 0 spiro atoms. The van der Waals surface area contributed by atoms with E-state index in [4.69, 9.17) is 4.74 Å². The highest BCUT2D eigenvalue weighted by atomic mass is 32.2. The molecule has 1 unspecified atom stereocenters. The zero-order valence-electron chi connectivity index (χ0n) is 14.0. The molecule has 1 aliphatic rings. The summed E-state index contributed by atoms with van der Waals surface area (Å²) in [4.78, 5) is 10.7. The highest BCUT2D eigenvalue weighted by molar-refractivity contribution is 7.92. The Morgan fingerprint density at radius 3 is 2.67 bits per heavy atom. The second-order valence-electron chi connectivity index (χ2n) is 6.65. The maximum atomic E-state index is 12.4. The number of pyridine rings is 1. The van der Waals surface area contributed by atoms with Crippen LogP contribution < -0.4 is 4.90 Å². The minimum absolute atomic E-state index is 0.0586. The van der Waals surface area contributed by atoms with Gasteiger partial charge in [-0.25, -0.2) is 18.4 Å². The van der Waals surface area contributed by atoms with Gasteiger partial charge in [0.25, 0.3) is 0 Å². The summed E-state index contributed by atoms with van der Waals surface area (Å²) in [6.45, 7) is 7.07. The van der Waals surface area contributed by atoms with Crippen LogP contribution in [0.3, 0.4) is 0 Å². The molecule has 8 heteroatoms. The number of hydrogen-bond donors (Lipinski definition) is 0. The van der Waals surface area contributed by atoms with Gasteiger partial charge in [-0.1, -0.05) is 0 Å². The van der Waals surface area contributed by atoms with Crippen molar-refractivity contribution in [3.63, 3.8) is 0 Å². The molecule has 2 aromatic rings. The Morgan fingerprint density at radius 1 is 1.29 bits per heavy atom. The number of rotatable bonds is 3. The van der Waals surface area contributed by atoms with Crippen molar-refractivity contribution in [3.05, 3.63) is 34.9 Å². The van der Waals surface area contributed by atoms with Crippen LogP contribution in [0.15, 0.2) is 34.9 Å². The van der Waals surface area contributed by atoms with Crippen LogP contribution in [0.1, 0.15) is 31.9 Å². The summed E-state index contributed by atoms with van der Waals surface area (Å²) in [6, 6.07) is 3.40. The van der Waals surface area contributed by atoms with Crippen LogP contribution in [0.25, 0.3) is 0 Å². The molecule has 0 aliphatic carbocycles. The standard InChI is InChI=1S/C16H21N3O3S2/c1-16(2,3)24(20,21)14-5-4-12(10-18-14)19-7-8-22-13(11-19)15-17-6-9-23-15/h4-6,9-10,13H,7-8,11H2,1-3H3. The number of ether oxygens (including phenoxy) is 1. The average Bonchev–Trinajstić information content (AvgIpc) is 3.08. The number of morpholine rings is 1. The van der Waals surface area contributed by atoms with E-state index in [-0.39, 0.29) is 11.1 Å². The second-order valence-corrected chi connectivity index (χ2v) is 10.2. The minimum atomic E-state index is -3.43. The van der Waals surface area contributed by atoms with Crippen LogP contribution >= 0.6 is 11.3 Å². The van der Waals surface area contributed by atoms with Gasteiger partial charge in [0, 0.05) is 18.1 Å². The van der Waals surface area contributed by atoms with Crippen molar-refractivity contribution in [2.45, 2.75) is 36.6 Å². The maximum Gasteiger partial charge on any atom is 0.200 e. The summed E-state index contributed by atoms with van der Waals surface area (Å²) >= 11 is 1.58. The van der Waals surface area contributed by atoms with Crippen molar-refractivity contribution in [1.29, 1.82) is 0 Å². The zero-order valence-corrected chi connectivity index (χ0v) is 15.6. The minimum Gasteiger partial charge on any atom is -0.367 e. The molecule has 1 fully saturated rings. The molecule has 1 aliphatic heterocycles. The molecule has 0 radical (unpaired) electrons. The lowest BCUT2D eigenvalue weighted by Gasteiger charge is -2.33. The van der Waals surface area contributed by atoms with Gasteiger partial charge in [0.2, 0.25) is 0 Å². The van der Waals surface area contributed by atoms with Crippen molar-refractivity contribution >= 4 is 26.9 Å². The van der Waals surface area contributed by atoms with Crippen molar-refractivity contribution in [3.8, 4) is 0 Å². The molecule has 2 aromatic heterocycles. The lowest BCUT2D eigenvalue weighted by Crippen LogP contribution is -2.38. The molecule has 0 bridgehead atoms. The molecule has 1 saturated heterocycles. The predicted octanol–water partition coefficient (Wildman–Crippen LogP) is 2.69. The Balaban J connectivity index is 1.79. The number of sulfone groups is 1. The van der Waals surface area contributed by atoms with Crippen LogP contribution in [0.5, 0.6) is 0 Å². The van der Waals surface area contributed by atoms with Gasteiger partial charge in [-0.05, 0) is 32.9 Å². The summed E-state index contributed by atoms with van der Waals surface area (Å²) in [5.41, 5.74) is 0.896. The first-order valence-electron chi connectivity index (χ1n) is 7.76. The van der Waals surface area contributed by atoms with Gasteiger partial charge in [0.05, 0.1) is 29.8 Å². The lowest BCUT2D eigenvalue weighted by atomic mass is 10.2. The molecular formula is C16H21N3O3S2. The summed E-state index contributed by atoms with van der Waals surface area (Å²) in [5.74, 6) is 0. The van der Waals surface area contributed by atoms with E-state index in [1.165, 1.54) is 0 Å². The summed E-state index contributed by atoms with van der Waals surface area (Å²) in [5, 5.41) is 3.01. The largest absolute Gasteiger partial charge is 0.367 e. The topological polar surface area (TPSA) is 72.4 Å². The van der Waals surface area contributed by atoms with E-state index in [2.05, 4.69) is 14.9 Å². The van der Waals surface area contributed by atoms with Gasteiger partial charge in [-0.15, -0.1) is 11.3 Å². The fraction of sp³-hybridized carbons (Fsp3) is 0.500. The first-order valence-corrected chi connectivity index (χ1v) is 10.1. The van der Waals surface area contributed by atoms with E-state index in [9.17, 15) is 8.42 Å². The smallest absolute Gasteiger partial charge is 0.200 e. The van der Waals surface area contributed by atoms with E-state index in [1.54, 1.807) is 50.6 Å². The molecule has 1 atom stereocenters. The maximum absolute atomic E-state index is 12.4. The van der Waals surface area contributed by atoms with E-state index in [1.807, 2.05) is 11.4 Å². The third kappa shape index (κ3) is 3.31. The Morgan fingerprint density at radius 2 is 2.08 bits per heavy atom. The highest BCUT2D eigenvalue weighted by Crippen LogP contribution is 2.28. The molecule has 0 N–H and O–H groups in total. The monoisotopic (exact) mass is 367 g/mol. The van der Waals surface area contributed by atoms with E-state index >= 15 is 0 Å². The first kappa shape index (κ1) is 17.3. The highest BCUT2D eigenvalue weighted by Gasteiger charge is 2.32. The molecule has 3 heterocycles. The van der Waals surface area contributed by atoms with Crippen LogP contribution in [0.4, 0.5) is 5.69 Å². The number of aromatic nitrogens is 2. The third-order valence-corrected chi connectivity index (χ3v) is 7.23. The molecule has 24 heavy (non-hydrogen) atoms. The number of thiazole rings is 1. The van der Waals surface area contributed by atoms with E-state index in [0.717, 1.165) is 17.2 Å². The van der Waals surface area contributed by atoms with E-state index in [0.29, 0.717) is 13.2 Å². The molecule has 3 rings (SSSR count). The van der Waals surface area contributed by atoms with Crippen molar-refractivity contribution < 1.29 is 13.2 Å². The quantitative estimate of drug-likeness (QED) is 0.830. The van der Waals surface area contributed by atoms with Gasteiger partial charge in [-0.3, -0.25) is 0 Å². The first-order chi connectivity index (χ1) is 11.3. The van der Waals surface area contributed by atoms with E-state index < -0.39 is 14.6 Å². The average molecular weight is 367 g/mol.